The Kier molecular flexibility index (Phi) is 3.89. The summed E-state index contributed by atoms with van der Waals surface area (Å²) in [5.74, 6) is 1.45. The Labute approximate surface area is 143 Å². The van der Waals surface area contributed by atoms with Crippen LogP contribution in [0, 0.1) is 12.8 Å². The van der Waals surface area contributed by atoms with Gasteiger partial charge in [0.2, 0.25) is 5.91 Å². The largest absolute Gasteiger partial charge is 0.355 e. The van der Waals surface area contributed by atoms with E-state index in [1.807, 2.05) is 24.4 Å². The molecule has 0 aliphatic carbocycles. The Morgan fingerprint density at radius 2 is 2.38 bits per heavy atom. The number of aryl methyl sites for hydroxylation is 1. The molecule has 24 heavy (non-hydrogen) atoms. The van der Waals surface area contributed by atoms with Crippen LogP contribution in [0.15, 0.2) is 23.8 Å². The first-order chi connectivity index (χ1) is 11.7. The smallest absolute Gasteiger partial charge is 0.230 e. The molecule has 8 heteroatoms. The molecule has 124 valence electrons. The number of H-pyrrole nitrogens is 1. The average Bonchev–Trinajstić information content (AvgIpc) is 3.23. The second-order valence-corrected chi connectivity index (χ2v) is 6.94. The first kappa shape index (κ1) is 15.1. The molecule has 0 aromatic carbocycles. The van der Waals surface area contributed by atoms with Crippen molar-refractivity contribution in [2.24, 2.45) is 5.92 Å². The van der Waals surface area contributed by atoms with E-state index >= 15 is 0 Å². The highest BCUT2D eigenvalue weighted by Crippen LogP contribution is 2.30. The molecule has 4 heterocycles. The summed E-state index contributed by atoms with van der Waals surface area (Å²) in [6.45, 7) is 3.48. The van der Waals surface area contributed by atoms with Crippen LogP contribution in [0.5, 0.6) is 0 Å². The van der Waals surface area contributed by atoms with Crippen LogP contribution in [-0.2, 0) is 4.79 Å². The van der Waals surface area contributed by atoms with E-state index in [1.165, 1.54) is 0 Å². The minimum Gasteiger partial charge on any atom is -0.355 e. The third-order valence-electron chi connectivity index (χ3n) is 4.29. The van der Waals surface area contributed by atoms with Crippen molar-refractivity contribution in [3.63, 3.8) is 0 Å². The van der Waals surface area contributed by atoms with Crippen LogP contribution in [0.25, 0.3) is 10.2 Å². The maximum absolute atomic E-state index is 12.5. The van der Waals surface area contributed by atoms with Crippen LogP contribution in [0.1, 0.15) is 18.5 Å². The summed E-state index contributed by atoms with van der Waals surface area (Å²) in [6.07, 6.45) is 3.45. The summed E-state index contributed by atoms with van der Waals surface area (Å²) in [4.78, 5) is 24.5. The Morgan fingerprint density at radius 3 is 3.21 bits per heavy atom. The van der Waals surface area contributed by atoms with E-state index in [-0.39, 0.29) is 11.8 Å². The molecule has 1 amide bonds. The molecular formula is C16H18N6OS. The van der Waals surface area contributed by atoms with Crippen molar-refractivity contribution >= 4 is 39.1 Å². The zero-order chi connectivity index (χ0) is 16.5. The summed E-state index contributed by atoms with van der Waals surface area (Å²) in [5.41, 5.74) is 0.927. The standard InChI is InChI=1S/C16H18N6OS/c1-10-7-13(21-20-10)19-15(23)11-3-2-5-22(8-11)14-12-4-6-24-16(12)18-9-17-14/h4,6-7,9,11H,2-3,5,8H2,1H3,(H2,19,20,21,23)/t11-/m1/s1. The minimum atomic E-state index is -0.0700. The molecule has 4 rings (SSSR count). The number of hydrogen-bond donors (Lipinski definition) is 2. The molecule has 1 aliphatic rings. The van der Waals surface area contributed by atoms with Gasteiger partial charge < -0.3 is 10.2 Å². The van der Waals surface area contributed by atoms with Gasteiger partial charge in [-0.1, -0.05) is 0 Å². The molecule has 1 atom stereocenters. The van der Waals surface area contributed by atoms with Crippen molar-refractivity contribution in [2.45, 2.75) is 19.8 Å². The minimum absolute atomic E-state index is 0.0156. The molecule has 0 unspecified atom stereocenters. The quantitative estimate of drug-likeness (QED) is 0.764. The maximum atomic E-state index is 12.5. The molecule has 1 aliphatic heterocycles. The number of aromatic amines is 1. The summed E-state index contributed by atoms with van der Waals surface area (Å²) in [6, 6.07) is 3.88. The van der Waals surface area contributed by atoms with Gasteiger partial charge in [0, 0.05) is 24.8 Å². The number of anilines is 2. The van der Waals surface area contributed by atoms with E-state index in [2.05, 4.69) is 30.4 Å². The fourth-order valence-electron chi connectivity index (χ4n) is 3.12. The fourth-order valence-corrected chi connectivity index (χ4v) is 3.85. The number of nitrogens with zero attached hydrogens (tertiary/aromatic N) is 4. The first-order valence-corrected chi connectivity index (χ1v) is 8.85. The highest BCUT2D eigenvalue weighted by Gasteiger charge is 2.28. The van der Waals surface area contributed by atoms with Crippen LogP contribution in [-0.4, -0.2) is 39.2 Å². The number of nitrogens with one attached hydrogen (secondary N) is 2. The van der Waals surface area contributed by atoms with Crippen molar-refractivity contribution < 1.29 is 4.79 Å². The SMILES string of the molecule is Cc1cc(NC(=O)[C@@H]2CCCN(c3ncnc4sccc34)C2)n[nH]1. The summed E-state index contributed by atoms with van der Waals surface area (Å²) < 4.78 is 0. The van der Waals surface area contributed by atoms with E-state index in [9.17, 15) is 4.79 Å². The zero-order valence-electron chi connectivity index (χ0n) is 13.3. The van der Waals surface area contributed by atoms with Crippen LogP contribution in [0.4, 0.5) is 11.6 Å². The van der Waals surface area contributed by atoms with Gasteiger partial charge in [0.1, 0.15) is 17.0 Å². The highest BCUT2D eigenvalue weighted by atomic mass is 32.1. The normalized spacial score (nSPS) is 18.0. The number of piperidine rings is 1. The number of fused-ring (bicyclic) bond motifs is 1. The second kappa shape index (κ2) is 6.20. The van der Waals surface area contributed by atoms with Gasteiger partial charge >= 0.3 is 0 Å². The monoisotopic (exact) mass is 342 g/mol. The maximum Gasteiger partial charge on any atom is 0.230 e. The summed E-state index contributed by atoms with van der Waals surface area (Å²) in [5, 5.41) is 12.9. The van der Waals surface area contributed by atoms with Gasteiger partial charge in [-0.05, 0) is 31.2 Å². The number of aromatic nitrogens is 4. The lowest BCUT2D eigenvalue weighted by atomic mass is 9.97. The van der Waals surface area contributed by atoms with E-state index in [1.54, 1.807) is 17.7 Å². The predicted octanol–water partition coefficient (Wildman–Crippen LogP) is 2.58. The first-order valence-electron chi connectivity index (χ1n) is 7.97. The molecule has 0 bridgehead atoms. The molecule has 0 radical (unpaired) electrons. The summed E-state index contributed by atoms with van der Waals surface area (Å²) >= 11 is 1.61. The number of carbonyl (C=O) groups excluding carboxylic acids is 1. The fraction of sp³-hybridized carbons (Fsp3) is 0.375. The highest BCUT2D eigenvalue weighted by molar-refractivity contribution is 7.16. The Morgan fingerprint density at radius 1 is 1.46 bits per heavy atom. The van der Waals surface area contributed by atoms with Gasteiger partial charge in [0.05, 0.1) is 11.3 Å². The van der Waals surface area contributed by atoms with E-state index in [0.29, 0.717) is 12.4 Å². The number of thiophene rings is 1. The molecular weight excluding hydrogens is 324 g/mol. The molecule has 1 saturated heterocycles. The Bertz CT molecular complexity index is 872. The van der Waals surface area contributed by atoms with Crippen LogP contribution in [0.3, 0.4) is 0 Å². The molecule has 7 nitrogen and oxygen atoms in total. The van der Waals surface area contributed by atoms with Crippen molar-refractivity contribution in [2.75, 3.05) is 23.3 Å². The summed E-state index contributed by atoms with van der Waals surface area (Å²) in [7, 11) is 0. The van der Waals surface area contributed by atoms with Gasteiger partial charge in [-0.3, -0.25) is 9.89 Å². The van der Waals surface area contributed by atoms with Gasteiger partial charge in [-0.25, -0.2) is 9.97 Å². The number of carbonyl (C=O) groups is 1. The second-order valence-electron chi connectivity index (χ2n) is 6.05. The van der Waals surface area contributed by atoms with Gasteiger partial charge in [-0.15, -0.1) is 11.3 Å². The van der Waals surface area contributed by atoms with Gasteiger partial charge in [0.15, 0.2) is 5.82 Å². The number of hydrogen-bond acceptors (Lipinski definition) is 6. The molecule has 1 fully saturated rings. The predicted molar refractivity (Wildman–Crippen MR) is 94.3 cm³/mol. The lowest BCUT2D eigenvalue weighted by Gasteiger charge is -2.33. The molecule has 0 saturated carbocycles. The van der Waals surface area contributed by atoms with Crippen molar-refractivity contribution in [1.82, 2.24) is 20.2 Å². The van der Waals surface area contributed by atoms with Crippen LogP contribution in [0.2, 0.25) is 0 Å². The topological polar surface area (TPSA) is 86.8 Å². The van der Waals surface area contributed by atoms with Gasteiger partial charge in [0.25, 0.3) is 0 Å². The van der Waals surface area contributed by atoms with Crippen LogP contribution >= 0.6 is 11.3 Å². The zero-order valence-corrected chi connectivity index (χ0v) is 14.1. The molecule has 2 N–H and O–H groups in total. The van der Waals surface area contributed by atoms with Crippen molar-refractivity contribution in [3.8, 4) is 0 Å². The lowest BCUT2D eigenvalue weighted by molar-refractivity contribution is -0.120. The number of amides is 1. The third kappa shape index (κ3) is 2.84. The molecule has 3 aromatic heterocycles. The van der Waals surface area contributed by atoms with E-state index in [4.69, 9.17) is 0 Å². The molecule has 3 aromatic rings. The van der Waals surface area contributed by atoms with Crippen LogP contribution < -0.4 is 10.2 Å². The average molecular weight is 342 g/mol. The Balaban J connectivity index is 1.51. The Hall–Kier alpha value is -2.48. The van der Waals surface area contributed by atoms with E-state index in [0.717, 1.165) is 41.1 Å². The molecule has 0 spiro atoms. The number of rotatable bonds is 3. The van der Waals surface area contributed by atoms with Crippen molar-refractivity contribution in [1.29, 1.82) is 0 Å². The van der Waals surface area contributed by atoms with Gasteiger partial charge in [-0.2, -0.15) is 5.10 Å². The lowest BCUT2D eigenvalue weighted by Crippen LogP contribution is -2.41. The van der Waals surface area contributed by atoms with Crippen molar-refractivity contribution in [3.05, 3.63) is 29.5 Å². The van der Waals surface area contributed by atoms with E-state index < -0.39 is 0 Å². The third-order valence-corrected chi connectivity index (χ3v) is 5.11.